The van der Waals surface area contributed by atoms with Crippen LogP contribution < -0.4 is 0 Å². The maximum absolute atomic E-state index is 13.1. The van der Waals surface area contributed by atoms with Gasteiger partial charge in [-0.25, -0.2) is 0 Å². The van der Waals surface area contributed by atoms with Crippen molar-refractivity contribution < 1.29 is 9.21 Å². The van der Waals surface area contributed by atoms with Gasteiger partial charge in [0.15, 0.2) is 0 Å². The average molecular weight is 385 g/mol. The summed E-state index contributed by atoms with van der Waals surface area (Å²) in [6, 6.07) is 8.02. The highest BCUT2D eigenvalue weighted by molar-refractivity contribution is 9.10. The van der Waals surface area contributed by atoms with Crippen molar-refractivity contribution in [1.82, 2.24) is 19.7 Å². The van der Waals surface area contributed by atoms with Crippen molar-refractivity contribution in [1.29, 1.82) is 0 Å². The zero-order chi connectivity index (χ0) is 16.5. The van der Waals surface area contributed by atoms with Gasteiger partial charge in [-0.2, -0.15) is 0 Å². The van der Waals surface area contributed by atoms with E-state index in [0.29, 0.717) is 11.6 Å². The second kappa shape index (κ2) is 4.57. The van der Waals surface area contributed by atoms with Gasteiger partial charge in [0.05, 0.1) is 16.8 Å². The van der Waals surface area contributed by atoms with Crippen LogP contribution in [0.3, 0.4) is 0 Å². The van der Waals surface area contributed by atoms with Gasteiger partial charge < -0.3 is 13.9 Å². The maximum atomic E-state index is 13.1. The molecule has 1 fully saturated rings. The quantitative estimate of drug-likeness (QED) is 0.645. The fourth-order valence-electron chi connectivity index (χ4n) is 3.61. The second-order valence-corrected chi connectivity index (χ2v) is 7.20. The van der Waals surface area contributed by atoms with Gasteiger partial charge in [0.25, 0.3) is 5.91 Å². The molecule has 1 aliphatic carbocycles. The molecule has 24 heavy (non-hydrogen) atoms. The van der Waals surface area contributed by atoms with E-state index in [9.17, 15) is 4.79 Å². The molecule has 1 amide bonds. The highest BCUT2D eigenvalue weighted by Gasteiger charge is 2.53. The van der Waals surface area contributed by atoms with Crippen LogP contribution in [0.2, 0.25) is 0 Å². The number of carbonyl (C=O) groups is 1. The van der Waals surface area contributed by atoms with Crippen LogP contribution in [0.1, 0.15) is 28.9 Å². The van der Waals surface area contributed by atoms with Crippen molar-refractivity contribution in [3.05, 3.63) is 52.6 Å². The highest BCUT2D eigenvalue weighted by Crippen LogP contribution is 2.54. The zero-order valence-electron chi connectivity index (χ0n) is 12.9. The monoisotopic (exact) mass is 384 g/mol. The summed E-state index contributed by atoms with van der Waals surface area (Å²) < 4.78 is 8.20. The number of benzene rings is 1. The van der Waals surface area contributed by atoms with Crippen LogP contribution in [0.15, 0.2) is 45.7 Å². The van der Waals surface area contributed by atoms with Crippen molar-refractivity contribution in [2.45, 2.75) is 18.4 Å². The van der Waals surface area contributed by atoms with Gasteiger partial charge in [0.1, 0.15) is 5.69 Å². The summed E-state index contributed by atoms with van der Waals surface area (Å²) in [5.74, 6) is 0.411. The van der Waals surface area contributed by atoms with E-state index in [1.807, 2.05) is 34.8 Å². The lowest BCUT2D eigenvalue weighted by Gasteiger charge is -2.27. The van der Waals surface area contributed by atoms with Gasteiger partial charge in [0.2, 0.25) is 12.3 Å². The number of nitrogens with zero attached hydrogens (tertiary/aromatic N) is 4. The summed E-state index contributed by atoms with van der Waals surface area (Å²) in [5, 5.41) is 7.67. The van der Waals surface area contributed by atoms with Gasteiger partial charge in [-0.05, 0) is 31.0 Å². The number of aromatic nitrogens is 3. The Kier molecular flexibility index (Phi) is 2.66. The van der Waals surface area contributed by atoms with Gasteiger partial charge in [-0.1, -0.05) is 22.0 Å². The third-order valence-corrected chi connectivity index (χ3v) is 5.53. The summed E-state index contributed by atoms with van der Waals surface area (Å²) >= 11 is 3.55. The van der Waals surface area contributed by atoms with Crippen molar-refractivity contribution in [2.24, 2.45) is 0 Å². The molecule has 5 rings (SSSR count). The average Bonchev–Trinajstić information content (AvgIpc) is 3.03. The smallest absolute Gasteiger partial charge is 0.271 e. The lowest BCUT2D eigenvalue weighted by Crippen LogP contribution is -2.36. The molecular formula is C17H13BrN4O2. The summed E-state index contributed by atoms with van der Waals surface area (Å²) in [7, 11) is 1.89. The Morgan fingerprint density at radius 1 is 1.29 bits per heavy atom. The van der Waals surface area contributed by atoms with E-state index in [4.69, 9.17) is 4.42 Å². The Balaban J connectivity index is 1.81. The molecule has 3 heterocycles. The lowest BCUT2D eigenvalue weighted by molar-refractivity contribution is 0.0705. The molecule has 2 aromatic heterocycles. The minimum Gasteiger partial charge on any atom is -0.423 e. The van der Waals surface area contributed by atoms with E-state index >= 15 is 0 Å². The van der Waals surface area contributed by atoms with E-state index in [-0.39, 0.29) is 11.4 Å². The number of amides is 1. The van der Waals surface area contributed by atoms with E-state index in [0.717, 1.165) is 28.6 Å². The minimum atomic E-state index is -0.184. The number of carbonyl (C=O) groups excluding carboxylic acids is 1. The molecule has 1 aromatic carbocycles. The van der Waals surface area contributed by atoms with Crippen molar-refractivity contribution in [3.63, 3.8) is 0 Å². The maximum Gasteiger partial charge on any atom is 0.271 e. The summed E-state index contributed by atoms with van der Waals surface area (Å²) in [6.45, 7) is 0. The van der Waals surface area contributed by atoms with Crippen molar-refractivity contribution in [2.75, 3.05) is 7.05 Å². The molecule has 0 bridgehead atoms. The molecule has 0 unspecified atom stereocenters. The molecule has 3 aromatic rings. The molecule has 6 nitrogen and oxygen atoms in total. The predicted octanol–water partition coefficient (Wildman–Crippen LogP) is 3.36. The van der Waals surface area contributed by atoms with Crippen LogP contribution in [0, 0.1) is 0 Å². The van der Waals surface area contributed by atoms with Crippen molar-refractivity contribution in [3.8, 4) is 17.1 Å². The summed E-state index contributed by atoms with van der Waals surface area (Å²) in [4.78, 5) is 14.9. The minimum absolute atomic E-state index is 0.00517. The third kappa shape index (κ3) is 1.73. The van der Waals surface area contributed by atoms with Crippen LogP contribution in [-0.2, 0) is 5.54 Å². The zero-order valence-corrected chi connectivity index (χ0v) is 14.4. The van der Waals surface area contributed by atoms with Crippen LogP contribution >= 0.6 is 15.9 Å². The summed E-state index contributed by atoms with van der Waals surface area (Å²) in [5.41, 5.74) is 3.35. The normalized spacial score (nSPS) is 17.6. The Bertz CT molecular complexity index is 973. The molecule has 0 radical (unpaired) electrons. The fraction of sp³-hybridized carbons (Fsp3) is 0.235. The van der Waals surface area contributed by atoms with E-state index in [1.54, 1.807) is 0 Å². The largest absolute Gasteiger partial charge is 0.423 e. The SMILES string of the molecule is CN1C(=O)c2cc(-c3nnco3)cn2-c2cc(Br)ccc2C12CC2. The Labute approximate surface area is 146 Å². The van der Waals surface area contributed by atoms with Crippen LogP contribution in [0.4, 0.5) is 0 Å². The van der Waals surface area contributed by atoms with E-state index in [2.05, 4.69) is 38.3 Å². The standard InChI is InChI=1S/C17H13BrN4O2/c1-21-16(23)14-6-10(15-20-19-9-24-15)8-22(14)13-7-11(18)2-3-12(13)17(21)4-5-17/h2-3,6-9H,4-5H2,1H3. The Morgan fingerprint density at radius 3 is 2.83 bits per heavy atom. The van der Waals surface area contributed by atoms with Gasteiger partial charge in [-0.15, -0.1) is 10.2 Å². The van der Waals surface area contributed by atoms with Gasteiger partial charge in [0, 0.05) is 23.3 Å². The molecule has 0 N–H and O–H groups in total. The second-order valence-electron chi connectivity index (χ2n) is 6.29. The summed E-state index contributed by atoms with van der Waals surface area (Å²) in [6.07, 6.45) is 5.16. The number of halogens is 1. The van der Waals surface area contributed by atoms with Gasteiger partial charge >= 0.3 is 0 Å². The van der Waals surface area contributed by atoms with E-state index in [1.165, 1.54) is 12.0 Å². The molecule has 1 saturated carbocycles. The molecule has 7 heteroatoms. The van der Waals surface area contributed by atoms with Crippen LogP contribution in [-0.4, -0.2) is 32.6 Å². The molecular weight excluding hydrogens is 372 g/mol. The first kappa shape index (κ1) is 14.0. The molecule has 0 atom stereocenters. The Morgan fingerprint density at radius 2 is 2.12 bits per heavy atom. The third-order valence-electron chi connectivity index (χ3n) is 5.04. The molecule has 1 aliphatic heterocycles. The number of hydrogen-bond acceptors (Lipinski definition) is 4. The number of fused-ring (bicyclic) bond motifs is 4. The highest BCUT2D eigenvalue weighted by atomic mass is 79.9. The predicted molar refractivity (Wildman–Crippen MR) is 89.8 cm³/mol. The lowest BCUT2D eigenvalue weighted by atomic mass is 10.0. The molecule has 0 saturated heterocycles. The van der Waals surface area contributed by atoms with Crippen LogP contribution in [0.5, 0.6) is 0 Å². The molecule has 1 spiro atoms. The fourth-order valence-corrected chi connectivity index (χ4v) is 3.96. The molecule has 120 valence electrons. The first-order valence-corrected chi connectivity index (χ1v) is 8.47. The van der Waals surface area contributed by atoms with Gasteiger partial charge in [-0.3, -0.25) is 4.79 Å². The molecule has 2 aliphatic rings. The first-order valence-electron chi connectivity index (χ1n) is 7.68. The van der Waals surface area contributed by atoms with E-state index < -0.39 is 0 Å². The Hall–Kier alpha value is -2.41. The number of hydrogen-bond donors (Lipinski definition) is 0. The first-order chi connectivity index (χ1) is 11.6. The van der Waals surface area contributed by atoms with Crippen LogP contribution in [0.25, 0.3) is 17.1 Å². The van der Waals surface area contributed by atoms with Crippen molar-refractivity contribution >= 4 is 21.8 Å². The number of rotatable bonds is 1. The topological polar surface area (TPSA) is 64.2 Å².